The Kier molecular flexibility index (Phi) is 4.29. The molecule has 1 aromatic carbocycles. The maximum atomic E-state index is 9.15. The summed E-state index contributed by atoms with van der Waals surface area (Å²) < 4.78 is 5.25. The van der Waals surface area contributed by atoms with Crippen molar-refractivity contribution >= 4 is 11.8 Å². The van der Waals surface area contributed by atoms with Crippen molar-refractivity contribution in [1.82, 2.24) is 0 Å². The van der Waals surface area contributed by atoms with Gasteiger partial charge >= 0.3 is 0 Å². The third-order valence-electron chi connectivity index (χ3n) is 2.47. The smallest absolute Gasteiger partial charge is 0.113 e. The summed E-state index contributed by atoms with van der Waals surface area (Å²) >= 11 is 1.72. The molecule has 0 aliphatic carbocycles. The Morgan fingerprint density at radius 3 is 2.65 bits per heavy atom. The lowest BCUT2D eigenvalue weighted by atomic mass is 10.0. The zero-order valence-corrected chi connectivity index (χ0v) is 10.2. The van der Waals surface area contributed by atoms with Crippen LogP contribution < -0.4 is 0 Å². The molecule has 0 aliphatic rings. The number of hydrogen-bond donors (Lipinski definition) is 0. The highest BCUT2D eigenvalue weighted by atomic mass is 32.2. The molecule has 1 aromatic heterocycles. The van der Waals surface area contributed by atoms with Gasteiger partial charge in [0.05, 0.1) is 24.0 Å². The summed E-state index contributed by atoms with van der Waals surface area (Å²) in [6, 6.07) is 16.1. The molecule has 2 nitrogen and oxygen atoms in total. The van der Waals surface area contributed by atoms with E-state index in [0.29, 0.717) is 0 Å². The molecule has 86 valence electrons. The van der Waals surface area contributed by atoms with Crippen LogP contribution in [0.25, 0.3) is 0 Å². The molecule has 1 atom stereocenters. The van der Waals surface area contributed by atoms with Gasteiger partial charge in [0.25, 0.3) is 0 Å². The quantitative estimate of drug-likeness (QED) is 0.801. The Labute approximate surface area is 105 Å². The molecule has 2 aromatic rings. The van der Waals surface area contributed by atoms with E-state index in [4.69, 9.17) is 9.68 Å². The van der Waals surface area contributed by atoms with Gasteiger partial charge in [-0.1, -0.05) is 30.3 Å². The maximum Gasteiger partial charge on any atom is 0.113 e. The molecule has 1 heterocycles. The molecule has 0 spiro atoms. The van der Waals surface area contributed by atoms with Gasteiger partial charge < -0.3 is 4.42 Å². The van der Waals surface area contributed by atoms with Crippen molar-refractivity contribution in [3.63, 3.8) is 0 Å². The summed E-state index contributed by atoms with van der Waals surface area (Å²) in [5.41, 5.74) is 1.09. The number of nitrogens with zero attached hydrogens (tertiary/aromatic N) is 1. The van der Waals surface area contributed by atoms with E-state index < -0.39 is 0 Å². The summed E-state index contributed by atoms with van der Waals surface area (Å²) in [7, 11) is 0. The lowest BCUT2D eigenvalue weighted by molar-refractivity contribution is 0.530. The van der Waals surface area contributed by atoms with Crippen molar-refractivity contribution < 1.29 is 4.42 Å². The lowest BCUT2D eigenvalue weighted by Crippen LogP contribution is -1.98. The van der Waals surface area contributed by atoms with Gasteiger partial charge in [0.15, 0.2) is 0 Å². The van der Waals surface area contributed by atoms with E-state index in [1.807, 2.05) is 42.5 Å². The van der Waals surface area contributed by atoms with Crippen molar-refractivity contribution in [2.24, 2.45) is 0 Å². The first-order chi connectivity index (χ1) is 8.40. The zero-order chi connectivity index (χ0) is 11.9. The minimum absolute atomic E-state index is 0.0452. The van der Waals surface area contributed by atoms with Gasteiger partial charge in [-0.15, -0.1) is 0 Å². The Bertz CT molecular complexity index is 473. The van der Waals surface area contributed by atoms with E-state index in [-0.39, 0.29) is 5.92 Å². The van der Waals surface area contributed by atoms with Crippen LogP contribution in [0.5, 0.6) is 0 Å². The van der Waals surface area contributed by atoms with Gasteiger partial charge in [-0.25, -0.2) is 0 Å². The normalized spacial score (nSPS) is 11.9. The molecule has 0 N–H and O–H groups in total. The molecule has 0 amide bonds. The van der Waals surface area contributed by atoms with Gasteiger partial charge in [-0.05, 0) is 17.7 Å². The van der Waals surface area contributed by atoms with Crippen LogP contribution in [-0.4, -0.2) is 5.75 Å². The second-order valence-electron chi connectivity index (χ2n) is 3.69. The van der Waals surface area contributed by atoms with Gasteiger partial charge in [-0.2, -0.15) is 17.0 Å². The average molecular weight is 243 g/mol. The van der Waals surface area contributed by atoms with E-state index in [2.05, 4.69) is 6.07 Å². The summed E-state index contributed by atoms with van der Waals surface area (Å²) in [5.74, 6) is 2.52. The third kappa shape index (κ3) is 3.40. The minimum Gasteiger partial charge on any atom is -0.468 e. The van der Waals surface area contributed by atoms with Crippen LogP contribution in [-0.2, 0) is 5.75 Å². The summed E-state index contributed by atoms with van der Waals surface area (Å²) in [6.45, 7) is 0. The van der Waals surface area contributed by atoms with E-state index >= 15 is 0 Å². The minimum atomic E-state index is -0.0452. The van der Waals surface area contributed by atoms with E-state index in [1.165, 1.54) is 0 Å². The number of rotatable bonds is 5. The van der Waals surface area contributed by atoms with Crippen molar-refractivity contribution in [3.05, 3.63) is 60.1 Å². The number of benzene rings is 1. The number of hydrogen-bond acceptors (Lipinski definition) is 3. The fourth-order valence-electron chi connectivity index (χ4n) is 1.57. The Morgan fingerprint density at radius 2 is 2.00 bits per heavy atom. The first kappa shape index (κ1) is 11.8. The Morgan fingerprint density at radius 1 is 1.18 bits per heavy atom. The van der Waals surface area contributed by atoms with Crippen LogP contribution in [0.2, 0.25) is 0 Å². The monoisotopic (exact) mass is 243 g/mol. The molecule has 0 bridgehead atoms. The van der Waals surface area contributed by atoms with E-state index in [0.717, 1.165) is 22.8 Å². The van der Waals surface area contributed by atoms with E-state index in [1.54, 1.807) is 18.0 Å². The Hall–Kier alpha value is -1.66. The molecule has 17 heavy (non-hydrogen) atoms. The van der Waals surface area contributed by atoms with E-state index in [9.17, 15) is 0 Å². The molecule has 2 rings (SSSR count). The zero-order valence-electron chi connectivity index (χ0n) is 9.37. The summed E-state index contributed by atoms with van der Waals surface area (Å²) in [6.07, 6.45) is 1.68. The van der Waals surface area contributed by atoms with Gasteiger partial charge in [-0.3, -0.25) is 0 Å². The summed E-state index contributed by atoms with van der Waals surface area (Å²) in [5, 5.41) is 9.15. The highest BCUT2D eigenvalue weighted by Gasteiger charge is 2.10. The fraction of sp³-hybridized carbons (Fsp3) is 0.214. The lowest BCUT2D eigenvalue weighted by Gasteiger charge is -2.07. The van der Waals surface area contributed by atoms with Crippen molar-refractivity contribution in [2.75, 3.05) is 5.75 Å². The largest absolute Gasteiger partial charge is 0.468 e. The predicted octanol–water partition coefficient (Wildman–Crippen LogP) is 3.82. The number of nitriles is 1. The highest BCUT2D eigenvalue weighted by Crippen LogP contribution is 2.22. The molecule has 1 unspecified atom stereocenters. The van der Waals surface area contributed by atoms with Crippen molar-refractivity contribution in [1.29, 1.82) is 5.26 Å². The van der Waals surface area contributed by atoms with Crippen LogP contribution >= 0.6 is 11.8 Å². The molecule has 0 saturated carbocycles. The first-order valence-electron chi connectivity index (χ1n) is 5.45. The Balaban J connectivity index is 1.87. The van der Waals surface area contributed by atoms with Crippen LogP contribution in [0, 0.1) is 11.3 Å². The van der Waals surface area contributed by atoms with Gasteiger partial charge in [0.1, 0.15) is 5.76 Å². The molecular weight excluding hydrogens is 230 g/mol. The standard InChI is InChI=1S/C14H13NOS/c15-9-13(12-5-2-1-3-6-12)10-17-11-14-7-4-8-16-14/h1-8,13H,10-11H2. The number of furan rings is 1. The highest BCUT2D eigenvalue weighted by molar-refractivity contribution is 7.98. The molecular formula is C14H13NOS. The SMILES string of the molecule is N#CC(CSCc1ccco1)c1ccccc1. The molecule has 3 heteroatoms. The molecule has 0 radical (unpaired) electrons. The third-order valence-corrected chi connectivity index (χ3v) is 3.52. The molecule has 0 aliphatic heterocycles. The topological polar surface area (TPSA) is 36.9 Å². The summed E-state index contributed by atoms with van der Waals surface area (Å²) in [4.78, 5) is 0. The number of thioether (sulfide) groups is 1. The van der Waals surface area contributed by atoms with Crippen molar-refractivity contribution in [3.8, 4) is 6.07 Å². The maximum absolute atomic E-state index is 9.15. The first-order valence-corrected chi connectivity index (χ1v) is 6.60. The van der Waals surface area contributed by atoms with Crippen LogP contribution in [0.1, 0.15) is 17.2 Å². The predicted molar refractivity (Wildman–Crippen MR) is 69.7 cm³/mol. The second-order valence-corrected chi connectivity index (χ2v) is 4.72. The van der Waals surface area contributed by atoms with Gasteiger partial charge in [0.2, 0.25) is 0 Å². The molecule has 0 fully saturated rings. The van der Waals surface area contributed by atoms with Gasteiger partial charge in [0, 0.05) is 5.75 Å². The molecule has 0 saturated heterocycles. The second kappa shape index (κ2) is 6.17. The van der Waals surface area contributed by atoms with Crippen LogP contribution in [0.15, 0.2) is 53.1 Å². The van der Waals surface area contributed by atoms with Crippen LogP contribution in [0.3, 0.4) is 0 Å². The fourth-order valence-corrected chi connectivity index (χ4v) is 2.55. The van der Waals surface area contributed by atoms with Crippen molar-refractivity contribution in [2.45, 2.75) is 11.7 Å². The average Bonchev–Trinajstić information content (AvgIpc) is 2.89. The van der Waals surface area contributed by atoms with Crippen LogP contribution in [0.4, 0.5) is 0 Å².